The van der Waals surface area contributed by atoms with Gasteiger partial charge in [0.2, 0.25) is 0 Å². The number of rotatable bonds is 3. The molecule has 1 aromatic heterocycles. The monoisotopic (exact) mass is 345 g/mol. The third kappa shape index (κ3) is 2.69. The van der Waals surface area contributed by atoms with Crippen molar-refractivity contribution in [1.29, 1.82) is 0 Å². The van der Waals surface area contributed by atoms with Gasteiger partial charge in [-0.2, -0.15) is 0 Å². The number of furan rings is 1. The molecule has 0 aliphatic rings. The molecule has 0 atom stereocenters. The van der Waals surface area contributed by atoms with Crippen molar-refractivity contribution in [3.05, 3.63) is 77.4 Å². The van der Waals surface area contributed by atoms with E-state index in [1.807, 2.05) is 0 Å². The van der Waals surface area contributed by atoms with Crippen molar-refractivity contribution in [3.63, 3.8) is 0 Å². The first-order chi connectivity index (χ1) is 12.0. The fraction of sp³-hybridized carbons (Fsp3) is 0.0526. The molecule has 0 spiro atoms. The second-order valence-corrected chi connectivity index (χ2v) is 5.64. The molecule has 0 aliphatic heterocycles. The van der Waals surface area contributed by atoms with Gasteiger partial charge in [-0.1, -0.05) is 6.07 Å². The van der Waals surface area contributed by atoms with Crippen molar-refractivity contribution in [2.75, 3.05) is 5.32 Å². The standard InChI is InChI=1S/C19H11F4NO/c20-11-2-5-16-13(7-11)14-8-12(3-6-17(14)25-16)24-9-10-1-4-15(21)19(23)18(10)22/h1-8,24H,9H2. The summed E-state index contributed by atoms with van der Waals surface area (Å²) in [6, 6.07) is 11.4. The molecule has 0 radical (unpaired) electrons. The van der Waals surface area contributed by atoms with Gasteiger partial charge in [0.15, 0.2) is 17.5 Å². The Labute approximate surface area is 139 Å². The van der Waals surface area contributed by atoms with Crippen LogP contribution in [0.2, 0.25) is 0 Å². The number of hydrogen-bond acceptors (Lipinski definition) is 2. The van der Waals surface area contributed by atoms with Gasteiger partial charge in [0.25, 0.3) is 0 Å². The van der Waals surface area contributed by atoms with Gasteiger partial charge in [-0.15, -0.1) is 0 Å². The molecular weight excluding hydrogens is 334 g/mol. The third-order valence-electron chi connectivity index (χ3n) is 4.03. The van der Waals surface area contributed by atoms with Crippen LogP contribution in [0.1, 0.15) is 5.56 Å². The summed E-state index contributed by atoms with van der Waals surface area (Å²) in [7, 11) is 0. The summed E-state index contributed by atoms with van der Waals surface area (Å²) in [5.41, 5.74) is 1.76. The molecule has 6 heteroatoms. The molecule has 0 saturated carbocycles. The first-order valence-corrected chi connectivity index (χ1v) is 7.51. The van der Waals surface area contributed by atoms with Crippen LogP contribution < -0.4 is 5.32 Å². The Balaban J connectivity index is 1.67. The molecule has 1 heterocycles. The number of benzene rings is 3. The molecule has 0 fully saturated rings. The van der Waals surface area contributed by atoms with E-state index in [0.29, 0.717) is 27.6 Å². The van der Waals surface area contributed by atoms with Gasteiger partial charge in [-0.05, 0) is 42.5 Å². The van der Waals surface area contributed by atoms with Gasteiger partial charge < -0.3 is 9.73 Å². The Hall–Kier alpha value is -3.02. The summed E-state index contributed by atoms with van der Waals surface area (Å²) in [6.07, 6.45) is 0. The second kappa shape index (κ2) is 5.81. The lowest BCUT2D eigenvalue weighted by molar-refractivity contribution is 0.442. The zero-order valence-corrected chi connectivity index (χ0v) is 12.7. The Bertz CT molecular complexity index is 1100. The average Bonchev–Trinajstić information content (AvgIpc) is 2.96. The maximum absolute atomic E-state index is 13.7. The minimum Gasteiger partial charge on any atom is -0.456 e. The topological polar surface area (TPSA) is 25.2 Å². The minimum absolute atomic E-state index is 0.00194. The third-order valence-corrected chi connectivity index (χ3v) is 4.03. The molecule has 1 N–H and O–H groups in total. The van der Waals surface area contributed by atoms with Crippen molar-refractivity contribution >= 4 is 27.6 Å². The molecule has 0 bridgehead atoms. The summed E-state index contributed by atoms with van der Waals surface area (Å²) in [4.78, 5) is 0. The number of hydrogen-bond donors (Lipinski definition) is 1. The molecule has 4 aromatic rings. The van der Waals surface area contributed by atoms with Crippen LogP contribution in [-0.4, -0.2) is 0 Å². The van der Waals surface area contributed by atoms with E-state index in [1.54, 1.807) is 24.3 Å². The lowest BCUT2D eigenvalue weighted by Gasteiger charge is -2.08. The van der Waals surface area contributed by atoms with Crippen molar-refractivity contribution in [3.8, 4) is 0 Å². The lowest BCUT2D eigenvalue weighted by Crippen LogP contribution is -2.04. The fourth-order valence-electron chi connectivity index (χ4n) is 2.76. The number of fused-ring (bicyclic) bond motifs is 3. The first kappa shape index (κ1) is 15.5. The van der Waals surface area contributed by atoms with Crippen LogP contribution in [0, 0.1) is 23.3 Å². The normalized spacial score (nSPS) is 11.4. The van der Waals surface area contributed by atoms with E-state index in [2.05, 4.69) is 5.32 Å². The quantitative estimate of drug-likeness (QED) is 0.377. The maximum Gasteiger partial charge on any atom is 0.194 e. The highest BCUT2D eigenvalue weighted by Gasteiger charge is 2.13. The molecule has 0 aliphatic carbocycles. The number of halogens is 4. The highest BCUT2D eigenvalue weighted by molar-refractivity contribution is 6.05. The van der Waals surface area contributed by atoms with Gasteiger partial charge in [0.1, 0.15) is 17.0 Å². The lowest BCUT2D eigenvalue weighted by atomic mass is 10.1. The maximum atomic E-state index is 13.7. The Morgan fingerprint density at radius 3 is 2.28 bits per heavy atom. The molecule has 4 rings (SSSR count). The van der Waals surface area contributed by atoms with Crippen LogP contribution in [-0.2, 0) is 6.54 Å². The smallest absolute Gasteiger partial charge is 0.194 e. The van der Waals surface area contributed by atoms with Crippen molar-refractivity contribution < 1.29 is 22.0 Å². The van der Waals surface area contributed by atoms with E-state index in [9.17, 15) is 17.6 Å². The Morgan fingerprint density at radius 1 is 0.760 bits per heavy atom. The van der Waals surface area contributed by atoms with Crippen LogP contribution in [0.5, 0.6) is 0 Å². The van der Waals surface area contributed by atoms with E-state index in [-0.39, 0.29) is 17.9 Å². The van der Waals surface area contributed by atoms with E-state index in [1.165, 1.54) is 18.2 Å². The van der Waals surface area contributed by atoms with Gasteiger partial charge in [0, 0.05) is 28.6 Å². The molecule has 3 aromatic carbocycles. The highest BCUT2D eigenvalue weighted by atomic mass is 19.2. The molecule has 126 valence electrons. The molecular formula is C19H11F4NO. The Kier molecular flexibility index (Phi) is 3.60. The fourth-order valence-corrected chi connectivity index (χ4v) is 2.76. The highest BCUT2D eigenvalue weighted by Crippen LogP contribution is 2.31. The first-order valence-electron chi connectivity index (χ1n) is 7.51. The molecule has 0 amide bonds. The molecule has 0 unspecified atom stereocenters. The summed E-state index contributed by atoms with van der Waals surface area (Å²) >= 11 is 0. The van der Waals surface area contributed by atoms with E-state index >= 15 is 0 Å². The van der Waals surface area contributed by atoms with Gasteiger partial charge >= 0.3 is 0 Å². The summed E-state index contributed by atoms with van der Waals surface area (Å²) in [6.45, 7) is -0.0291. The van der Waals surface area contributed by atoms with Crippen LogP contribution in [0.4, 0.5) is 23.2 Å². The summed E-state index contributed by atoms with van der Waals surface area (Å²) in [5.74, 6) is -4.32. The minimum atomic E-state index is -1.49. The summed E-state index contributed by atoms with van der Waals surface area (Å²) < 4.78 is 59.0. The molecule has 2 nitrogen and oxygen atoms in total. The number of nitrogens with one attached hydrogen (secondary N) is 1. The van der Waals surface area contributed by atoms with E-state index in [4.69, 9.17) is 4.42 Å². The van der Waals surface area contributed by atoms with Crippen molar-refractivity contribution in [2.45, 2.75) is 6.54 Å². The van der Waals surface area contributed by atoms with E-state index < -0.39 is 17.5 Å². The number of anilines is 1. The second-order valence-electron chi connectivity index (χ2n) is 5.64. The summed E-state index contributed by atoms with van der Waals surface area (Å²) in [5, 5.41) is 4.27. The van der Waals surface area contributed by atoms with Crippen LogP contribution in [0.3, 0.4) is 0 Å². The van der Waals surface area contributed by atoms with Gasteiger partial charge in [-0.25, -0.2) is 17.6 Å². The predicted octanol–water partition coefficient (Wildman–Crippen LogP) is 5.75. The molecule has 0 saturated heterocycles. The molecule has 25 heavy (non-hydrogen) atoms. The van der Waals surface area contributed by atoms with Crippen molar-refractivity contribution in [2.24, 2.45) is 0 Å². The van der Waals surface area contributed by atoms with Crippen LogP contribution in [0.25, 0.3) is 21.9 Å². The zero-order valence-electron chi connectivity index (χ0n) is 12.7. The van der Waals surface area contributed by atoms with Gasteiger partial charge in [-0.3, -0.25) is 0 Å². The van der Waals surface area contributed by atoms with Gasteiger partial charge in [0.05, 0.1) is 0 Å². The zero-order chi connectivity index (χ0) is 17.6. The van der Waals surface area contributed by atoms with E-state index in [0.717, 1.165) is 6.07 Å². The predicted molar refractivity (Wildman–Crippen MR) is 87.3 cm³/mol. The SMILES string of the molecule is Fc1ccc2oc3ccc(NCc4ccc(F)c(F)c4F)cc3c2c1. The van der Waals surface area contributed by atoms with Crippen molar-refractivity contribution in [1.82, 2.24) is 0 Å². The Morgan fingerprint density at radius 2 is 1.48 bits per heavy atom. The van der Waals surface area contributed by atoms with Crippen LogP contribution in [0.15, 0.2) is 52.9 Å². The average molecular weight is 345 g/mol. The largest absolute Gasteiger partial charge is 0.456 e. The van der Waals surface area contributed by atoms with Crippen LogP contribution >= 0.6 is 0 Å².